The number of benzene rings is 4. The molecule has 1 aromatic heterocycles. The van der Waals surface area contributed by atoms with E-state index < -0.39 is 36.1 Å². The summed E-state index contributed by atoms with van der Waals surface area (Å²) in [4.78, 5) is 57.5. The number of hydrogen-bond donors (Lipinski definition) is 4. The maximum atomic E-state index is 14.1. The van der Waals surface area contributed by atoms with Gasteiger partial charge in [-0.2, -0.15) is 0 Å². The number of nitrogens with one attached hydrogen (secondary N) is 4. The van der Waals surface area contributed by atoms with E-state index in [2.05, 4.69) is 33.1 Å². The number of amides is 3. The van der Waals surface area contributed by atoms with Gasteiger partial charge in [0, 0.05) is 29.6 Å². The van der Waals surface area contributed by atoms with Crippen LogP contribution in [-0.4, -0.2) is 47.0 Å². The van der Waals surface area contributed by atoms with E-state index in [-0.39, 0.29) is 32.0 Å². The molecule has 0 saturated carbocycles. The molecule has 0 fully saturated rings. The zero-order valence-corrected chi connectivity index (χ0v) is 31.5. The van der Waals surface area contributed by atoms with Gasteiger partial charge in [0.2, 0.25) is 11.8 Å². The van der Waals surface area contributed by atoms with E-state index in [1.54, 1.807) is 0 Å². The Morgan fingerprint density at radius 2 is 1.22 bits per heavy atom. The Morgan fingerprint density at radius 3 is 1.89 bits per heavy atom. The quantitative estimate of drug-likeness (QED) is 0.0449. The number of para-hydroxylation sites is 1. The lowest BCUT2D eigenvalue weighted by Gasteiger charge is -2.25. The van der Waals surface area contributed by atoms with Gasteiger partial charge in [-0.15, -0.1) is 0 Å². The van der Waals surface area contributed by atoms with Gasteiger partial charge in [-0.25, -0.2) is 4.79 Å². The molecule has 3 amide bonds. The van der Waals surface area contributed by atoms with Gasteiger partial charge < -0.3 is 30.4 Å². The molecule has 0 saturated heterocycles. The average Bonchev–Trinajstić information content (AvgIpc) is 3.62. The summed E-state index contributed by atoms with van der Waals surface area (Å²) >= 11 is 0. The summed E-state index contributed by atoms with van der Waals surface area (Å²) in [6.45, 7) is 2.19. The number of rotatable bonds is 21. The van der Waals surface area contributed by atoms with Crippen molar-refractivity contribution in [1.82, 2.24) is 20.9 Å². The van der Waals surface area contributed by atoms with Crippen molar-refractivity contribution in [2.75, 3.05) is 0 Å². The van der Waals surface area contributed by atoms with Gasteiger partial charge >= 0.3 is 12.1 Å². The molecular weight excluding hydrogens is 693 g/mol. The van der Waals surface area contributed by atoms with Gasteiger partial charge in [0.15, 0.2) is 0 Å². The number of fused-ring (bicyclic) bond motifs is 1. The van der Waals surface area contributed by atoms with Gasteiger partial charge in [-0.05, 0) is 54.0 Å². The minimum Gasteiger partial charge on any atom is -0.461 e. The molecule has 4 N–H and O–H groups in total. The predicted molar refractivity (Wildman–Crippen MR) is 214 cm³/mol. The Balaban J connectivity index is 1.27. The molecule has 0 aliphatic heterocycles. The van der Waals surface area contributed by atoms with Crippen molar-refractivity contribution in [3.63, 3.8) is 0 Å². The van der Waals surface area contributed by atoms with Gasteiger partial charge in [-0.3, -0.25) is 14.4 Å². The fourth-order valence-corrected chi connectivity index (χ4v) is 6.48. The van der Waals surface area contributed by atoms with E-state index in [4.69, 9.17) is 9.47 Å². The Hall–Kier alpha value is -5.90. The molecule has 10 nitrogen and oxygen atoms in total. The van der Waals surface area contributed by atoms with E-state index >= 15 is 0 Å². The number of carbonyl (C=O) groups is 4. The third-order valence-corrected chi connectivity index (χ3v) is 9.51. The lowest BCUT2D eigenvalue weighted by Crippen LogP contribution is -2.55. The summed E-state index contributed by atoms with van der Waals surface area (Å²) in [5.74, 6) is -1.31. The lowest BCUT2D eigenvalue weighted by atomic mass is 10.0. The van der Waals surface area contributed by atoms with Crippen LogP contribution < -0.4 is 16.0 Å². The standard InChI is InChI=1S/C45H52N4O6/c1-2-3-26-40(43(51)47-37(24-14-13-19-33-17-7-4-8-18-33)29-42(50)54-31-34-20-9-5-10-21-34)48-44(52)41(28-36-30-46-39-27-16-15-25-38(36)39)49-45(53)55-32-35-22-11-6-12-23-35/h4-12,15-18,20-23,25,27,30,37,40-41,46H,2-3,13-14,19,24,26,28-29,31-32H2,1H3,(H,47,51)(H,48,52)(H,49,53)/t37-,40+,41+/m1/s1. The van der Waals surface area contributed by atoms with Crippen molar-refractivity contribution >= 4 is 34.8 Å². The normalized spacial score (nSPS) is 12.6. The summed E-state index contributed by atoms with van der Waals surface area (Å²) in [6, 6.07) is 34.2. The Bertz CT molecular complexity index is 1930. The lowest BCUT2D eigenvalue weighted by molar-refractivity contribution is -0.145. The number of hydrogen-bond acceptors (Lipinski definition) is 6. The number of esters is 1. The molecule has 0 bridgehead atoms. The second-order valence-corrected chi connectivity index (χ2v) is 13.8. The zero-order chi connectivity index (χ0) is 38.7. The van der Waals surface area contributed by atoms with Crippen LogP contribution >= 0.6 is 0 Å². The molecule has 1 heterocycles. The maximum Gasteiger partial charge on any atom is 0.408 e. The van der Waals surface area contributed by atoms with E-state index in [0.29, 0.717) is 19.3 Å². The number of aromatic nitrogens is 1. The molecule has 5 rings (SSSR count). The summed E-state index contributed by atoms with van der Waals surface area (Å²) in [5.41, 5.74) is 4.65. The van der Waals surface area contributed by atoms with Crippen LogP contribution in [0.4, 0.5) is 4.79 Å². The minimum atomic E-state index is -1.04. The fraction of sp³-hybridized carbons (Fsp3) is 0.333. The third-order valence-electron chi connectivity index (χ3n) is 9.51. The molecule has 10 heteroatoms. The zero-order valence-electron chi connectivity index (χ0n) is 31.5. The van der Waals surface area contributed by atoms with Gasteiger partial charge in [0.05, 0.1) is 6.42 Å². The van der Waals surface area contributed by atoms with Crippen molar-refractivity contribution in [3.05, 3.63) is 144 Å². The monoisotopic (exact) mass is 744 g/mol. The van der Waals surface area contributed by atoms with Crippen LogP contribution in [0.1, 0.15) is 74.1 Å². The van der Waals surface area contributed by atoms with E-state index in [1.165, 1.54) is 5.56 Å². The molecule has 288 valence electrons. The third kappa shape index (κ3) is 13.5. The molecule has 0 radical (unpaired) electrons. The largest absolute Gasteiger partial charge is 0.461 e. The first kappa shape index (κ1) is 40.3. The van der Waals surface area contributed by atoms with Crippen LogP contribution in [0.2, 0.25) is 0 Å². The molecule has 0 spiro atoms. The number of H-pyrrole nitrogens is 1. The molecule has 0 aliphatic carbocycles. The number of aromatic amines is 1. The Labute approximate surface area is 323 Å². The van der Waals surface area contributed by atoms with Crippen LogP contribution in [0.25, 0.3) is 10.9 Å². The summed E-state index contributed by atoms with van der Waals surface area (Å²) < 4.78 is 11.1. The van der Waals surface area contributed by atoms with Crippen LogP contribution in [0.15, 0.2) is 121 Å². The van der Waals surface area contributed by atoms with Crippen molar-refractivity contribution < 1.29 is 28.7 Å². The summed E-state index contributed by atoms with van der Waals surface area (Å²) in [7, 11) is 0. The molecular formula is C45H52N4O6. The SMILES string of the molecule is CCCC[C@H](NC(=O)[C@H](Cc1c[nH]c2ccccc12)NC(=O)OCc1ccccc1)C(=O)N[C@H](CCCCc1ccccc1)CC(=O)OCc1ccccc1. The van der Waals surface area contributed by atoms with Crippen molar-refractivity contribution in [2.24, 2.45) is 0 Å². The van der Waals surface area contributed by atoms with Gasteiger partial charge in [0.1, 0.15) is 25.3 Å². The van der Waals surface area contributed by atoms with Crippen LogP contribution in [0.3, 0.4) is 0 Å². The van der Waals surface area contributed by atoms with E-state index in [1.807, 2.05) is 116 Å². The molecule has 5 aromatic rings. The molecule has 0 unspecified atom stereocenters. The maximum absolute atomic E-state index is 14.1. The number of unbranched alkanes of at least 4 members (excludes halogenated alkanes) is 2. The molecule has 4 aromatic carbocycles. The first-order chi connectivity index (χ1) is 26.9. The average molecular weight is 745 g/mol. The highest BCUT2D eigenvalue weighted by Gasteiger charge is 2.29. The second-order valence-electron chi connectivity index (χ2n) is 13.8. The smallest absolute Gasteiger partial charge is 0.408 e. The van der Waals surface area contributed by atoms with E-state index in [0.717, 1.165) is 53.3 Å². The van der Waals surface area contributed by atoms with Crippen LogP contribution in [-0.2, 0) is 49.9 Å². The van der Waals surface area contributed by atoms with Gasteiger partial charge in [-0.1, -0.05) is 135 Å². The summed E-state index contributed by atoms with van der Waals surface area (Å²) in [5, 5.41) is 9.69. The Kier molecular flexibility index (Phi) is 15.9. The fourth-order valence-electron chi connectivity index (χ4n) is 6.48. The van der Waals surface area contributed by atoms with Crippen LogP contribution in [0, 0.1) is 0 Å². The van der Waals surface area contributed by atoms with Crippen molar-refractivity contribution in [2.45, 2.75) is 96.1 Å². The minimum absolute atomic E-state index is 0.00362. The first-order valence-corrected chi connectivity index (χ1v) is 19.2. The van der Waals surface area contributed by atoms with Crippen molar-refractivity contribution in [3.8, 4) is 0 Å². The topological polar surface area (TPSA) is 139 Å². The molecule has 3 atom stereocenters. The highest BCUT2D eigenvalue weighted by Crippen LogP contribution is 2.20. The van der Waals surface area contributed by atoms with E-state index in [9.17, 15) is 19.2 Å². The Morgan fingerprint density at radius 1 is 0.618 bits per heavy atom. The number of alkyl carbamates (subject to hydrolysis) is 1. The second kappa shape index (κ2) is 21.7. The molecule has 55 heavy (non-hydrogen) atoms. The van der Waals surface area contributed by atoms with Crippen molar-refractivity contribution in [1.29, 1.82) is 0 Å². The number of aryl methyl sites for hydroxylation is 1. The highest BCUT2D eigenvalue weighted by atomic mass is 16.5. The van der Waals surface area contributed by atoms with Gasteiger partial charge in [0.25, 0.3) is 0 Å². The summed E-state index contributed by atoms with van der Waals surface area (Å²) in [6.07, 6.45) is 6.20. The first-order valence-electron chi connectivity index (χ1n) is 19.2. The molecule has 0 aliphatic rings. The highest BCUT2D eigenvalue weighted by molar-refractivity contribution is 5.92. The number of carbonyl (C=O) groups excluding carboxylic acids is 4. The number of ether oxygens (including phenoxy) is 2. The predicted octanol–water partition coefficient (Wildman–Crippen LogP) is 7.71. The van der Waals surface area contributed by atoms with Crippen LogP contribution in [0.5, 0.6) is 0 Å².